The zero-order valence-electron chi connectivity index (χ0n) is 11.7. The zero-order valence-corrected chi connectivity index (χ0v) is 14.1. The first-order chi connectivity index (χ1) is 9.33. The van der Waals surface area contributed by atoms with Gasteiger partial charge < -0.3 is 15.5 Å². The van der Waals surface area contributed by atoms with E-state index in [0.717, 1.165) is 36.8 Å². The minimum absolute atomic E-state index is 0. The second-order valence-corrected chi connectivity index (χ2v) is 6.12. The molecule has 2 fully saturated rings. The summed E-state index contributed by atoms with van der Waals surface area (Å²) < 4.78 is 0. The number of nitrogens with zero attached hydrogens (tertiary/aromatic N) is 1. The molecule has 0 bridgehead atoms. The lowest BCUT2D eigenvalue weighted by Gasteiger charge is -2.19. The van der Waals surface area contributed by atoms with Crippen molar-refractivity contribution in [1.82, 2.24) is 10.2 Å². The smallest absolute Gasteiger partial charge is 0.240 e. The normalized spacial score (nSPS) is 24.1. The number of hydrogen-bond donors (Lipinski definition) is 2. The van der Waals surface area contributed by atoms with Crippen molar-refractivity contribution in [3.63, 3.8) is 0 Å². The fourth-order valence-electron chi connectivity index (χ4n) is 2.61. The SMILES string of the molecule is Cl.Cl.O=C(C1CC(Nc2ccccc2)CN1)N1CCSC1. The number of benzene rings is 1. The number of carbonyl (C=O) groups is 1. The van der Waals surface area contributed by atoms with Crippen LogP contribution in [-0.4, -0.2) is 47.6 Å². The first kappa shape index (κ1) is 18.4. The Morgan fingerprint density at radius 3 is 2.71 bits per heavy atom. The van der Waals surface area contributed by atoms with Crippen LogP contribution < -0.4 is 10.6 Å². The number of nitrogens with one attached hydrogen (secondary N) is 2. The highest BCUT2D eigenvalue weighted by Crippen LogP contribution is 2.19. The molecular formula is C14H21Cl2N3OS. The van der Waals surface area contributed by atoms with Gasteiger partial charge in [-0.05, 0) is 18.6 Å². The van der Waals surface area contributed by atoms with Crippen molar-refractivity contribution in [2.45, 2.75) is 18.5 Å². The molecule has 0 saturated carbocycles. The van der Waals surface area contributed by atoms with Crippen LogP contribution in [0.4, 0.5) is 5.69 Å². The molecule has 1 aromatic carbocycles. The van der Waals surface area contributed by atoms with Crippen molar-refractivity contribution in [1.29, 1.82) is 0 Å². The summed E-state index contributed by atoms with van der Waals surface area (Å²) in [5, 5.41) is 6.82. The lowest BCUT2D eigenvalue weighted by atomic mass is 10.1. The molecule has 2 heterocycles. The van der Waals surface area contributed by atoms with Crippen LogP contribution in [0, 0.1) is 0 Å². The fourth-order valence-corrected chi connectivity index (χ4v) is 3.57. The van der Waals surface area contributed by atoms with Crippen LogP contribution in [0.1, 0.15) is 6.42 Å². The van der Waals surface area contributed by atoms with E-state index >= 15 is 0 Å². The average Bonchev–Trinajstić information content (AvgIpc) is 3.10. The van der Waals surface area contributed by atoms with Crippen molar-refractivity contribution in [2.75, 3.05) is 30.0 Å². The van der Waals surface area contributed by atoms with Crippen LogP contribution in [0.3, 0.4) is 0 Å². The molecule has 4 nitrogen and oxygen atoms in total. The quantitative estimate of drug-likeness (QED) is 0.877. The zero-order chi connectivity index (χ0) is 13.1. The van der Waals surface area contributed by atoms with Gasteiger partial charge in [0, 0.05) is 30.6 Å². The highest BCUT2D eigenvalue weighted by atomic mass is 35.5. The summed E-state index contributed by atoms with van der Waals surface area (Å²) in [6.07, 6.45) is 0.870. The lowest BCUT2D eigenvalue weighted by Crippen LogP contribution is -2.42. The summed E-state index contributed by atoms with van der Waals surface area (Å²) in [4.78, 5) is 14.2. The summed E-state index contributed by atoms with van der Waals surface area (Å²) in [7, 11) is 0. The Morgan fingerprint density at radius 1 is 1.29 bits per heavy atom. The number of thioether (sulfide) groups is 1. The van der Waals surface area contributed by atoms with E-state index in [1.807, 2.05) is 34.9 Å². The highest BCUT2D eigenvalue weighted by molar-refractivity contribution is 7.99. The molecule has 2 aliphatic rings. The molecule has 118 valence electrons. The van der Waals surface area contributed by atoms with Crippen molar-refractivity contribution >= 4 is 48.2 Å². The largest absolute Gasteiger partial charge is 0.381 e. The summed E-state index contributed by atoms with van der Waals surface area (Å²) in [6, 6.07) is 10.5. The molecule has 1 amide bonds. The molecule has 2 N–H and O–H groups in total. The molecule has 2 unspecified atom stereocenters. The third-order valence-electron chi connectivity index (χ3n) is 3.64. The van der Waals surface area contributed by atoms with E-state index in [1.54, 1.807) is 0 Å². The molecule has 0 aromatic heterocycles. The van der Waals surface area contributed by atoms with Gasteiger partial charge in [-0.25, -0.2) is 0 Å². The number of rotatable bonds is 3. The summed E-state index contributed by atoms with van der Waals surface area (Å²) in [6.45, 7) is 1.75. The third-order valence-corrected chi connectivity index (χ3v) is 4.60. The number of amides is 1. The maximum absolute atomic E-state index is 12.3. The topological polar surface area (TPSA) is 44.4 Å². The maximum Gasteiger partial charge on any atom is 0.240 e. The molecule has 0 radical (unpaired) electrons. The fraction of sp³-hybridized carbons (Fsp3) is 0.500. The number of anilines is 1. The summed E-state index contributed by atoms with van der Waals surface area (Å²) in [5.74, 6) is 2.19. The van der Waals surface area contributed by atoms with Gasteiger partial charge in [0.25, 0.3) is 0 Å². The molecule has 2 aliphatic heterocycles. The molecule has 3 rings (SSSR count). The molecule has 0 aliphatic carbocycles. The van der Waals surface area contributed by atoms with E-state index in [1.165, 1.54) is 0 Å². The summed E-state index contributed by atoms with van der Waals surface area (Å²) in [5.41, 5.74) is 1.12. The van der Waals surface area contributed by atoms with E-state index < -0.39 is 0 Å². The second kappa shape index (κ2) is 8.73. The van der Waals surface area contributed by atoms with Crippen molar-refractivity contribution < 1.29 is 4.79 Å². The minimum atomic E-state index is -0.0140. The second-order valence-electron chi connectivity index (χ2n) is 5.04. The van der Waals surface area contributed by atoms with Gasteiger partial charge in [0.1, 0.15) is 0 Å². The van der Waals surface area contributed by atoms with E-state index in [9.17, 15) is 4.79 Å². The molecular weight excluding hydrogens is 329 g/mol. The van der Waals surface area contributed by atoms with Crippen molar-refractivity contribution in [3.8, 4) is 0 Å². The van der Waals surface area contributed by atoms with Crippen molar-refractivity contribution in [2.24, 2.45) is 0 Å². The van der Waals surface area contributed by atoms with Crippen LogP contribution in [0.2, 0.25) is 0 Å². The van der Waals surface area contributed by atoms with E-state index in [2.05, 4.69) is 22.8 Å². The van der Waals surface area contributed by atoms with Gasteiger partial charge in [-0.3, -0.25) is 4.79 Å². The Kier molecular flexibility index (Phi) is 7.66. The van der Waals surface area contributed by atoms with Crippen LogP contribution in [0.25, 0.3) is 0 Å². The first-order valence-electron chi connectivity index (χ1n) is 6.74. The van der Waals surface area contributed by atoms with Gasteiger partial charge in [0.05, 0.1) is 11.9 Å². The minimum Gasteiger partial charge on any atom is -0.381 e. The van der Waals surface area contributed by atoms with Gasteiger partial charge in [-0.2, -0.15) is 0 Å². The van der Waals surface area contributed by atoms with Gasteiger partial charge >= 0.3 is 0 Å². The number of hydrogen-bond acceptors (Lipinski definition) is 4. The Bertz CT molecular complexity index is 443. The number of halogens is 2. The summed E-state index contributed by atoms with van der Waals surface area (Å²) >= 11 is 1.83. The van der Waals surface area contributed by atoms with Crippen LogP contribution >= 0.6 is 36.6 Å². The van der Waals surface area contributed by atoms with Crippen LogP contribution in [-0.2, 0) is 4.79 Å². The Hall–Kier alpha value is -0.620. The molecule has 7 heteroatoms. The molecule has 1 aromatic rings. The molecule has 0 spiro atoms. The van der Waals surface area contributed by atoms with Gasteiger partial charge in [0.2, 0.25) is 5.91 Å². The average molecular weight is 350 g/mol. The third kappa shape index (κ3) is 4.68. The highest BCUT2D eigenvalue weighted by Gasteiger charge is 2.33. The predicted octanol–water partition coefficient (Wildman–Crippen LogP) is 2.21. The number of para-hydroxylation sites is 1. The Morgan fingerprint density at radius 2 is 2.05 bits per heavy atom. The van der Waals surface area contributed by atoms with Crippen LogP contribution in [0.5, 0.6) is 0 Å². The monoisotopic (exact) mass is 349 g/mol. The standard InChI is InChI=1S/C14H19N3OS.2ClH/c18-14(17-6-7-19-10-17)13-8-12(9-15-13)16-11-4-2-1-3-5-11;;/h1-5,12-13,15-16H,6-10H2;2*1H. The van der Waals surface area contributed by atoms with E-state index in [0.29, 0.717) is 6.04 Å². The molecule has 2 saturated heterocycles. The van der Waals surface area contributed by atoms with Crippen molar-refractivity contribution in [3.05, 3.63) is 30.3 Å². The number of carbonyl (C=O) groups excluding carboxylic acids is 1. The van der Waals surface area contributed by atoms with Crippen LogP contribution in [0.15, 0.2) is 30.3 Å². The van der Waals surface area contributed by atoms with Gasteiger partial charge in [0.15, 0.2) is 0 Å². The molecule has 2 atom stereocenters. The Labute approximate surface area is 142 Å². The van der Waals surface area contributed by atoms with E-state index in [-0.39, 0.29) is 36.8 Å². The lowest BCUT2D eigenvalue weighted by molar-refractivity contribution is -0.131. The van der Waals surface area contributed by atoms with Gasteiger partial charge in [-0.15, -0.1) is 36.6 Å². The maximum atomic E-state index is 12.3. The molecule has 21 heavy (non-hydrogen) atoms. The van der Waals surface area contributed by atoms with Gasteiger partial charge in [-0.1, -0.05) is 18.2 Å². The Balaban J connectivity index is 0.00000110. The predicted molar refractivity (Wildman–Crippen MR) is 93.8 cm³/mol. The van der Waals surface area contributed by atoms with E-state index in [4.69, 9.17) is 0 Å². The first-order valence-corrected chi connectivity index (χ1v) is 7.90.